The predicted octanol–water partition coefficient (Wildman–Crippen LogP) is 18.7. The molecule has 4 atom stereocenters. The quantitative estimate of drug-likeness (QED) is 0.0308. The van der Waals surface area contributed by atoms with Crippen molar-refractivity contribution in [2.24, 2.45) is 0 Å². The van der Waals surface area contributed by atoms with E-state index in [0.29, 0.717) is 19.3 Å². The highest BCUT2D eigenvalue weighted by Crippen LogP contribution is 2.17. The third-order valence-corrected chi connectivity index (χ3v) is 14.4. The van der Waals surface area contributed by atoms with Crippen molar-refractivity contribution in [3.63, 3.8) is 0 Å². The first-order valence-corrected chi connectivity index (χ1v) is 31.2. The maximum Gasteiger partial charge on any atom is 0.249 e. The number of nitrogens with one attached hydrogen (secondary N) is 1. The Kier molecular flexibility index (Phi) is 57.2. The first-order chi connectivity index (χ1) is 35.0. The van der Waals surface area contributed by atoms with Crippen LogP contribution in [0, 0.1) is 0 Å². The maximum absolute atomic E-state index is 12.6. The second-order valence-corrected chi connectivity index (χ2v) is 21.4. The number of carbonyl (C=O) groups excluding carboxylic acids is 1. The molecule has 0 aromatic rings. The fraction of sp³-hybridized carbons (Fsp3) is 0.831. The van der Waals surface area contributed by atoms with Gasteiger partial charge in [-0.2, -0.15) is 0 Å². The van der Waals surface area contributed by atoms with Crippen molar-refractivity contribution in [1.29, 1.82) is 0 Å². The lowest BCUT2D eigenvalue weighted by atomic mass is 10.00. The van der Waals surface area contributed by atoms with E-state index in [1.54, 1.807) is 0 Å². The van der Waals surface area contributed by atoms with Crippen molar-refractivity contribution in [2.45, 2.75) is 340 Å². The summed E-state index contributed by atoms with van der Waals surface area (Å²) in [6, 6.07) is -1.01. The van der Waals surface area contributed by atoms with Gasteiger partial charge in [-0.3, -0.25) is 4.79 Å². The number of allylic oxidation sites excluding steroid dienone is 10. The van der Waals surface area contributed by atoms with Crippen LogP contribution in [0.1, 0.15) is 316 Å². The van der Waals surface area contributed by atoms with E-state index in [4.69, 9.17) is 0 Å². The second-order valence-electron chi connectivity index (χ2n) is 21.4. The van der Waals surface area contributed by atoms with E-state index in [-0.39, 0.29) is 0 Å². The Balaban J connectivity index is 3.58. The number of aliphatic hydroxyl groups is 4. The lowest BCUT2D eigenvalue weighted by molar-refractivity contribution is -0.132. The van der Waals surface area contributed by atoms with Crippen molar-refractivity contribution in [3.8, 4) is 0 Å². The molecule has 71 heavy (non-hydrogen) atoms. The van der Waals surface area contributed by atoms with Gasteiger partial charge in [0.2, 0.25) is 5.91 Å². The molecule has 0 aromatic carbocycles. The number of carbonyl (C=O) groups is 1. The van der Waals surface area contributed by atoms with Gasteiger partial charge >= 0.3 is 0 Å². The summed E-state index contributed by atoms with van der Waals surface area (Å²) in [6.45, 7) is 4.04. The number of hydrogen-bond donors (Lipinski definition) is 5. The van der Waals surface area contributed by atoms with Crippen LogP contribution in [-0.2, 0) is 4.79 Å². The largest absolute Gasteiger partial charge is 0.394 e. The average molecular weight is 997 g/mol. The Morgan fingerprint density at radius 3 is 0.986 bits per heavy atom. The number of unbranched alkanes of at least 4 members (excludes halogenated alkanes) is 38. The molecule has 0 rings (SSSR count). The summed E-state index contributed by atoms with van der Waals surface area (Å²) >= 11 is 0. The van der Waals surface area contributed by atoms with Gasteiger partial charge in [-0.15, -0.1) is 0 Å². The predicted molar refractivity (Wildman–Crippen MR) is 311 cm³/mol. The molecule has 0 bridgehead atoms. The molecule has 0 saturated carbocycles. The zero-order chi connectivity index (χ0) is 51.6. The minimum absolute atomic E-state index is 0.358. The van der Waals surface area contributed by atoms with Crippen molar-refractivity contribution >= 4 is 5.91 Å². The van der Waals surface area contributed by atoms with Gasteiger partial charge in [0.05, 0.1) is 18.8 Å². The Morgan fingerprint density at radius 1 is 0.352 bits per heavy atom. The highest BCUT2D eigenvalue weighted by Gasteiger charge is 2.28. The molecular weight excluding hydrogens is 875 g/mol. The fourth-order valence-corrected chi connectivity index (χ4v) is 9.53. The van der Waals surface area contributed by atoms with E-state index in [1.807, 2.05) is 0 Å². The SMILES string of the molecule is CCCCCC/C=C/CC/C=C/CC/C=C/CCCC(O)C(O)C(CO)NC(=O)C(O)CCCCCCCCCCCCCCCCCC/C=C\C/C=C\CCCCCCCCCCCCCCCCC. The molecule has 6 nitrogen and oxygen atoms in total. The molecule has 1 amide bonds. The zero-order valence-electron chi connectivity index (χ0n) is 47.2. The summed E-state index contributed by atoms with van der Waals surface area (Å²) in [5.74, 6) is -0.598. The monoisotopic (exact) mass is 996 g/mol. The van der Waals surface area contributed by atoms with E-state index < -0.39 is 36.9 Å². The molecule has 0 aliphatic heterocycles. The van der Waals surface area contributed by atoms with Crippen LogP contribution < -0.4 is 5.32 Å². The summed E-state index contributed by atoms with van der Waals surface area (Å²) in [6.07, 6.45) is 77.5. The first kappa shape index (κ1) is 69.0. The summed E-state index contributed by atoms with van der Waals surface area (Å²) in [7, 11) is 0. The molecule has 0 aromatic heterocycles. The molecule has 0 radical (unpaired) electrons. The number of hydrogen-bond acceptors (Lipinski definition) is 5. The summed E-state index contributed by atoms with van der Waals surface area (Å²) < 4.78 is 0. The van der Waals surface area contributed by atoms with Gasteiger partial charge in [0.15, 0.2) is 0 Å². The van der Waals surface area contributed by atoms with Crippen LogP contribution in [0.25, 0.3) is 0 Å². The van der Waals surface area contributed by atoms with E-state index in [2.05, 4.69) is 79.9 Å². The maximum atomic E-state index is 12.6. The normalized spacial score (nSPS) is 14.1. The molecule has 5 N–H and O–H groups in total. The molecule has 0 aliphatic carbocycles. The lowest BCUT2D eigenvalue weighted by Gasteiger charge is -2.27. The minimum Gasteiger partial charge on any atom is -0.394 e. The molecule has 0 heterocycles. The second kappa shape index (κ2) is 58.9. The molecule has 416 valence electrons. The lowest BCUT2D eigenvalue weighted by Crippen LogP contribution is -2.53. The first-order valence-electron chi connectivity index (χ1n) is 31.2. The van der Waals surface area contributed by atoms with Crippen LogP contribution in [-0.4, -0.2) is 57.3 Å². The van der Waals surface area contributed by atoms with Gasteiger partial charge in [-0.05, 0) is 96.3 Å². The van der Waals surface area contributed by atoms with E-state index in [0.717, 1.165) is 57.8 Å². The van der Waals surface area contributed by atoms with Gasteiger partial charge in [0.25, 0.3) is 0 Å². The molecule has 0 fully saturated rings. The van der Waals surface area contributed by atoms with Gasteiger partial charge in [-0.1, -0.05) is 280 Å². The van der Waals surface area contributed by atoms with Crippen LogP contribution >= 0.6 is 0 Å². The summed E-state index contributed by atoms with van der Waals surface area (Å²) in [5.41, 5.74) is 0. The highest BCUT2D eigenvalue weighted by molar-refractivity contribution is 5.80. The van der Waals surface area contributed by atoms with Crippen LogP contribution in [0.15, 0.2) is 60.8 Å². The highest BCUT2D eigenvalue weighted by atomic mass is 16.3. The van der Waals surface area contributed by atoms with Crippen molar-refractivity contribution < 1.29 is 25.2 Å². The third kappa shape index (κ3) is 52.7. The standard InChI is InChI=1S/C65H121NO5/c1-3-5-7-9-11-13-15-17-19-21-22-23-24-25-26-27-28-29-30-31-32-33-34-35-36-37-38-39-40-41-43-45-47-49-51-53-55-57-59-63(69)65(71)66-61(60-67)64(70)62(68)58-56-54-52-50-48-46-44-42-20-18-16-14-12-10-8-6-4-2/h14,16,28-29,31-32,42,44,50,52,61-64,67-70H,3-13,15,17-27,30,33-41,43,45-49,51,53-60H2,1-2H3,(H,66,71)/b16-14+,29-28-,32-31-,44-42+,52-50+. The molecule has 6 heteroatoms. The van der Waals surface area contributed by atoms with Gasteiger partial charge in [-0.25, -0.2) is 0 Å². The number of rotatable bonds is 57. The van der Waals surface area contributed by atoms with Gasteiger partial charge in [0, 0.05) is 0 Å². The van der Waals surface area contributed by atoms with Crippen LogP contribution in [0.4, 0.5) is 0 Å². The Hall–Kier alpha value is -1.99. The average Bonchev–Trinajstić information content (AvgIpc) is 3.38. The molecule has 0 aliphatic rings. The minimum atomic E-state index is -1.30. The van der Waals surface area contributed by atoms with E-state index >= 15 is 0 Å². The Bertz CT molecular complexity index is 1210. The molecule has 0 saturated heterocycles. The summed E-state index contributed by atoms with van der Waals surface area (Å²) in [5, 5.41) is 43.9. The number of amides is 1. The van der Waals surface area contributed by atoms with E-state index in [9.17, 15) is 25.2 Å². The number of aliphatic hydroxyl groups excluding tert-OH is 4. The molecular formula is C65H121NO5. The molecule has 0 spiro atoms. The van der Waals surface area contributed by atoms with Gasteiger partial charge in [0.1, 0.15) is 12.2 Å². The zero-order valence-corrected chi connectivity index (χ0v) is 47.2. The van der Waals surface area contributed by atoms with Crippen molar-refractivity contribution in [3.05, 3.63) is 60.8 Å². The topological polar surface area (TPSA) is 110 Å². The Labute approximate surface area is 442 Å². The van der Waals surface area contributed by atoms with E-state index in [1.165, 1.54) is 225 Å². The van der Waals surface area contributed by atoms with Crippen molar-refractivity contribution in [2.75, 3.05) is 6.61 Å². The van der Waals surface area contributed by atoms with Crippen LogP contribution in [0.3, 0.4) is 0 Å². The van der Waals surface area contributed by atoms with Crippen molar-refractivity contribution in [1.82, 2.24) is 5.32 Å². The van der Waals surface area contributed by atoms with Crippen LogP contribution in [0.5, 0.6) is 0 Å². The van der Waals surface area contributed by atoms with Crippen LogP contribution in [0.2, 0.25) is 0 Å². The Morgan fingerprint density at radius 2 is 0.634 bits per heavy atom. The fourth-order valence-electron chi connectivity index (χ4n) is 9.53. The molecule has 4 unspecified atom stereocenters. The van der Waals surface area contributed by atoms with Gasteiger partial charge < -0.3 is 25.7 Å². The summed E-state index contributed by atoms with van der Waals surface area (Å²) in [4.78, 5) is 12.6. The third-order valence-electron chi connectivity index (χ3n) is 14.4. The smallest absolute Gasteiger partial charge is 0.249 e.